The van der Waals surface area contributed by atoms with Crippen LogP contribution in [0.1, 0.15) is 12.1 Å². The van der Waals surface area contributed by atoms with E-state index in [-0.39, 0.29) is 18.8 Å². The molecule has 4 atom stereocenters. The van der Waals surface area contributed by atoms with Gasteiger partial charge in [-0.2, -0.15) is 23.1 Å². The molecule has 0 saturated heterocycles. The predicted octanol–water partition coefficient (Wildman–Crippen LogP) is 2.52. The van der Waals surface area contributed by atoms with Gasteiger partial charge in [-0.3, -0.25) is 0 Å². The number of aromatic nitrogens is 3. The molecule has 1 saturated carbocycles. The van der Waals surface area contributed by atoms with E-state index < -0.39 is 43.0 Å². The number of para-hydroxylation sites is 1. The summed E-state index contributed by atoms with van der Waals surface area (Å²) in [4.78, 5) is 12.8. The largest absolute Gasteiger partial charge is 0.454 e. The molecule has 0 amide bonds. The van der Waals surface area contributed by atoms with Gasteiger partial charge in [-0.05, 0) is 25.5 Å². The highest BCUT2D eigenvalue weighted by molar-refractivity contribution is 7.21. The third-order valence-corrected chi connectivity index (χ3v) is 6.35. The number of nitrogens with one attached hydrogen (secondary N) is 1. The molecular formula is C20H21F3N4O4S. The summed E-state index contributed by atoms with van der Waals surface area (Å²) >= 11 is 1.36. The van der Waals surface area contributed by atoms with Crippen molar-refractivity contribution in [3.8, 4) is 16.6 Å². The maximum atomic E-state index is 12.6. The highest BCUT2D eigenvalue weighted by Crippen LogP contribution is 2.38. The Morgan fingerprint density at radius 2 is 1.91 bits per heavy atom. The number of aliphatic hydroxyl groups excluding tert-OH is 3. The maximum absolute atomic E-state index is 12.6. The number of hydrogen-bond acceptors (Lipinski definition) is 9. The second kappa shape index (κ2) is 8.77. The van der Waals surface area contributed by atoms with E-state index >= 15 is 0 Å². The first-order chi connectivity index (χ1) is 15.2. The molecule has 4 N–H and O–H groups in total. The molecule has 0 aliphatic heterocycles. The second-order valence-corrected chi connectivity index (χ2v) is 8.65. The number of alkyl halides is 3. The number of anilines is 1. The molecule has 0 bridgehead atoms. The van der Waals surface area contributed by atoms with Crippen LogP contribution in [0, 0.1) is 12.8 Å². The Balaban J connectivity index is 1.74. The summed E-state index contributed by atoms with van der Waals surface area (Å²) in [5.74, 6) is -0.416. The van der Waals surface area contributed by atoms with Crippen molar-refractivity contribution in [1.29, 1.82) is 0 Å². The number of hydrogen-bond donors (Lipinski definition) is 4. The normalized spacial score (nSPS) is 23.6. The van der Waals surface area contributed by atoms with Gasteiger partial charge in [-0.1, -0.05) is 12.1 Å². The number of halogens is 3. The molecule has 0 radical (unpaired) electrons. The van der Waals surface area contributed by atoms with E-state index in [1.54, 1.807) is 6.92 Å². The third-order valence-electron chi connectivity index (χ3n) is 5.30. The summed E-state index contributed by atoms with van der Waals surface area (Å²) in [6.45, 7) is -0.265. The topological polar surface area (TPSA) is 121 Å². The smallest absolute Gasteiger partial charge is 0.422 e. The lowest BCUT2D eigenvalue weighted by atomic mass is 10.1. The van der Waals surface area contributed by atoms with Crippen molar-refractivity contribution in [2.24, 2.45) is 5.92 Å². The first-order valence-electron chi connectivity index (χ1n) is 9.84. The molecule has 1 aromatic carbocycles. The molecule has 2 heterocycles. The van der Waals surface area contributed by atoms with Crippen LogP contribution in [0.4, 0.5) is 19.0 Å². The van der Waals surface area contributed by atoms with E-state index in [2.05, 4.69) is 20.3 Å². The van der Waals surface area contributed by atoms with Crippen molar-refractivity contribution in [2.75, 3.05) is 18.5 Å². The first-order valence-corrected chi connectivity index (χ1v) is 10.7. The Hall–Kier alpha value is -2.54. The van der Waals surface area contributed by atoms with Crippen molar-refractivity contribution in [3.63, 3.8) is 0 Å². The van der Waals surface area contributed by atoms with E-state index in [0.29, 0.717) is 16.3 Å². The molecule has 4 rings (SSSR count). The van der Waals surface area contributed by atoms with Gasteiger partial charge in [-0.25, -0.2) is 4.98 Å². The van der Waals surface area contributed by atoms with E-state index in [9.17, 15) is 28.5 Å². The van der Waals surface area contributed by atoms with Crippen LogP contribution < -0.4 is 10.1 Å². The quantitative estimate of drug-likeness (QED) is 0.434. The number of benzene rings is 1. The molecule has 0 spiro atoms. The molecular weight excluding hydrogens is 449 g/mol. The number of ether oxygens (including phenoxy) is 1. The number of nitrogens with zero attached hydrogens (tertiary/aromatic N) is 3. The van der Waals surface area contributed by atoms with E-state index in [0.717, 1.165) is 10.2 Å². The number of thiazole rings is 1. The number of rotatable bonds is 6. The zero-order chi connectivity index (χ0) is 23.0. The van der Waals surface area contributed by atoms with Gasteiger partial charge in [0.15, 0.2) is 6.61 Å². The molecule has 2 aromatic heterocycles. The van der Waals surface area contributed by atoms with Crippen LogP contribution >= 0.6 is 11.3 Å². The predicted molar refractivity (Wildman–Crippen MR) is 112 cm³/mol. The van der Waals surface area contributed by atoms with Crippen molar-refractivity contribution in [2.45, 2.75) is 37.8 Å². The number of fused-ring (bicyclic) bond motifs is 1. The molecule has 8 nitrogen and oxygen atoms in total. The van der Waals surface area contributed by atoms with Crippen LogP contribution in [-0.4, -0.2) is 67.9 Å². The van der Waals surface area contributed by atoms with E-state index in [1.807, 2.05) is 24.3 Å². The Labute approximate surface area is 184 Å². The van der Waals surface area contributed by atoms with Crippen LogP contribution in [0.25, 0.3) is 20.8 Å². The molecule has 1 aliphatic rings. The van der Waals surface area contributed by atoms with Crippen LogP contribution in [0.2, 0.25) is 0 Å². The molecule has 3 aromatic rings. The molecule has 172 valence electrons. The van der Waals surface area contributed by atoms with Crippen LogP contribution in [0.15, 0.2) is 24.3 Å². The van der Waals surface area contributed by atoms with Gasteiger partial charge in [0.1, 0.15) is 16.9 Å². The average molecular weight is 470 g/mol. The van der Waals surface area contributed by atoms with Gasteiger partial charge in [0, 0.05) is 12.5 Å². The molecule has 32 heavy (non-hydrogen) atoms. The van der Waals surface area contributed by atoms with Crippen molar-refractivity contribution < 1.29 is 33.2 Å². The molecule has 1 aliphatic carbocycles. The highest BCUT2D eigenvalue weighted by atomic mass is 32.1. The second-order valence-electron chi connectivity index (χ2n) is 7.62. The monoisotopic (exact) mass is 470 g/mol. The first kappa shape index (κ1) is 22.6. The minimum absolute atomic E-state index is 0.128. The lowest BCUT2D eigenvalue weighted by Gasteiger charge is -2.21. The van der Waals surface area contributed by atoms with Gasteiger partial charge in [0.05, 0.1) is 33.6 Å². The zero-order valence-electron chi connectivity index (χ0n) is 16.9. The Bertz CT molecular complexity index is 1080. The van der Waals surface area contributed by atoms with Crippen LogP contribution in [0.5, 0.6) is 6.01 Å². The fraction of sp³-hybridized carbons (Fsp3) is 0.450. The number of aliphatic hydroxyl groups is 3. The Kier molecular flexibility index (Phi) is 6.21. The van der Waals surface area contributed by atoms with Crippen molar-refractivity contribution in [1.82, 2.24) is 15.0 Å². The SMILES string of the molecule is Cc1nc(OCC(F)(F)F)nc(N[C@@H]2C[C@H](CO)[C@@H](O)[C@H]2O)c1-c1nc2ccccc2s1. The fourth-order valence-corrected chi connectivity index (χ4v) is 4.79. The van der Waals surface area contributed by atoms with Crippen LogP contribution in [0.3, 0.4) is 0 Å². The van der Waals surface area contributed by atoms with Gasteiger partial charge in [0.2, 0.25) is 0 Å². The van der Waals surface area contributed by atoms with Gasteiger partial charge >= 0.3 is 12.2 Å². The van der Waals surface area contributed by atoms with Gasteiger partial charge in [0.25, 0.3) is 0 Å². The molecule has 12 heteroatoms. The van der Waals surface area contributed by atoms with Gasteiger partial charge in [-0.15, -0.1) is 11.3 Å². The standard InChI is InChI=1S/C20H21F3N4O4S/c1-9-14(18-26-11-4-2-3-5-13(11)32-18)17(27-19(24-9)31-8-20(21,22)23)25-12-6-10(7-28)15(29)16(12)30/h2-5,10,12,15-16,28-30H,6-8H2,1H3,(H,24,25,27)/t10-,12-,15-,16+/m1/s1. The van der Waals surface area contributed by atoms with E-state index in [4.69, 9.17) is 4.74 Å². The fourth-order valence-electron chi connectivity index (χ4n) is 3.72. The highest BCUT2D eigenvalue weighted by Gasteiger charge is 2.41. The van der Waals surface area contributed by atoms with Gasteiger partial charge < -0.3 is 25.4 Å². The molecule has 1 fully saturated rings. The summed E-state index contributed by atoms with van der Waals surface area (Å²) in [6.07, 6.45) is -6.67. The lowest BCUT2D eigenvalue weighted by Crippen LogP contribution is -2.35. The van der Waals surface area contributed by atoms with Crippen molar-refractivity contribution >= 4 is 27.4 Å². The van der Waals surface area contributed by atoms with E-state index in [1.165, 1.54) is 11.3 Å². The molecule has 0 unspecified atom stereocenters. The third kappa shape index (κ3) is 4.63. The minimum Gasteiger partial charge on any atom is -0.454 e. The summed E-state index contributed by atoms with van der Waals surface area (Å²) in [5.41, 5.74) is 1.54. The maximum Gasteiger partial charge on any atom is 0.422 e. The zero-order valence-corrected chi connectivity index (χ0v) is 17.7. The minimum atomic E-state index is -4.56. The summed E-state index contributed by atoms with van der Waals surface area (Å²) in [6, 6.07) is 6.27. The summed E-state index contributed by atoms with van der Waals surface area (Å²) < 4.78 is 43.5. The summed E-state index contributed by atoms with van der Waals surface area (Å²) in [5, 5.41) is 33.5. The van der Waals surface area contributed by atoms with Crippen molar-refractivity contribution in [3.05, 3.63) is 30.0 Å². The summed E-state index contributed by atoms with van der Waals surface area (Å²) in [7, 11) is 0. The van der Waals surface area contributed by atoms with Crippen LogP contribution in [-0.2, 0) is 0 Å². The average Bonchev–Trinajstić information content (AvgIpc) is 3.27. The lowest BCUT2D eigenvalue weighted by molar-refractivity contribution is -0.154. The Morgan fingerprint density at radius 3 is 2.56 bits per heavy atom. The Morgan fingerprint density at radius 1 is 1.16 bits per heavy atom. The number of aryl methyl sites for hydroxylation is 1.